The first kappa shape index (κ1) is 23.0. The molecule has 168 valence electrons. The van der Waals surface area contributed by atoms with Crippen LogP contribution >= 0.6 is 27.7 Å². The van der Waals surface area contributed by atoms with Crippen molar-refractivity contribution < 1.29 is 4.42 Å². The SMILES string of the molecule is CCN(CC)c1ccc2cc(C=CC3Sc4ccccc4N3CCCCBr)c(=O)oc2c1. The molecule has 3 aromatic rings. The van der Waals surface area contributed by atoms with E-state index in [0.29, 0.717) is 11.1 Å². The lowest BCUT2D eigenvalue weighted by molar-refractivity contribution is 0.559. The summed E-state index contributed by atoms with van der Waals surface area (Å²) in [5.74, 6) is 0. The van der Waals surface area contributed by atoms with E-state index in [0.717, 1.165) is 48.9 Å². The lowest BCUT2D eigenvalue weighted by Crippen LogP contribution is -2.28. The standard InChI is InChI=1S/C26H29BrN2O2S/c1-3-28(4-2)21-13-11-19-17-20(26(30)31-23(19)18-21)12-14-25-29(16-8-7-15-27)22-9-5-6-10-24(22)32-25/h5-6,9-14,17-18,25H,3-4,7-8,15-16H2,1-2H3. The van der Waals surface area contributed by atoms with Gasteiger partial charge in [0.15, 0.2) is 0 Å². The van der Waals surface area contributed by atoms with Gasteiger partial charge in [-0.3, -0.25) is 0 Å². The van der Waals surface area contributed by atoms with E-state index in [9.17, 15) is 4.79 Å². The molecule has 0 N–H and O–H groups in total. The van der Waals surface area contributed by atoms with Crippen LogP contribution in [0, 0.1) is 0 Å². The average molecular weight is 514 g/mol. The summed E-state index contributed by atoms with van der Waals surface area (Å²) in [6.07, 6.45) is 6.31. The first-order valence-electron chi connectivity index (χ1n) is 11.2. The zero-order valence-electron chi connectivity index (χ0n) is 18.6. The zero-order chi connectivity index (χ0) is 22.5. The maximum absolute atomic E-state index is 12.7. The summed E-state index contributed by atoms with van der Waals surface area (Å²) in [6, 6.07) is 16.6. The van der Waals surface area contributed by atoms with Gasteiger partial charge in [-0.1, -0.05) is 45.9 Å². The second kappa shape index (κ2) is 10.6. The number of halogens is 1. The smallest absolute Gasteiger partial charge is 0.343 e. The molecule has 4 nitrogen and oxygen atoms in total. The number of thioether (sulfide) groups is 1. The van der Waals surface area contributed by atoms with E-state index in [-0.39, 0.29) is 11.0 Å². The molecular formula is C26H29BrN2O2S. The normalized spacial score (nSPS) is 15.6. The van der Waals surface area contributed by atoms with Crippen molar-refractivity contribution in [3.8, 4) is 0 Å². The van der Waals surface area contributed by atoms with Crippen LogP contribution in [0.1, 0.15) is 32.3 Å². The van der Waals surface area contributed by atoms with Gasteiger partial charge in [0.25, 0.3) is 0 Å². The fourth-order valence-electron chi connectivity index (χ4n) is 4.10. The molecular weight excluding hydrogens is 484 g/mol. The molecule has 0 bridgehead atoms. The minimum atomic E-state index is -0.295. The van der Waals surface area contributed by atoms with Gasteiger partial charge in [-0.15, -0.1) is 0 Å². The third kappa shape index (κ3) is 4.91. The highest BCUT2D eigenvalue weighted by Crippen LogP contribution is 2.44. The molecule has 0 saturated heterocycles. The average Bonchev–Trinajstić information content (AvgIpc) is 3.16. The van der Waals surface area contributed by atoms with Crippen molar-refractivity contribution in [3.05, 3.63) is 70.6 Å². The number of rotatable bonds is 9. The molecule has 0 radical (unpaired) electrons. The Morgan fingerprint density at radius 3 is 2.72 bits per heavy atom. The van der Waals surface area contributed by atoms with Crippen molar-refractivity contribution in [2.24, 2.45) is 0 Å². The van der Waals surface area contributed by atoms with Crippen molar-refractivity contribution in [1.82, 2.24) is 0 Å². The van der Waals surface area contributed by atoms with Crippen molar-refractivity contribution in [2.75, 3.05) is 34.8 Å². The van der Waals surface area contributed by atoms with E-state index in [1.54, 1.807) is 0 Å². The van der Waals surface area contributed by atoms with Crippen LogP contribution in [0.25, 0.3) is 17.0 Å². The molecule has 6 heteroatoms. The van der Waals surface area contributed by atoms with E-state index in [4.69, 9.17) is 4.42 Å². The Bertz CT molecular complexity index is 1160. The van der Waals surface area contributed by atoms with E-state index in [2.05, 4.69) is 76.0 Å². The van der Waals surface area contributed by atoms with Crippen molar-refractivity contribution >= 4 is 56.1 Å². The molecule has 1 aromatic heterocycles. The third-order valence-corrected chi connectivity index (χ3v) is 7.64. The van der Waals surface area contributed by atoms with Gasteiger partial charge < -0.3 is 14.2 Å². The minimum Gasteiger partial charge on any atom is -0.422 e. The number of hydrogen-bond acceptors (Lipinski definition) is 5. The molecule has 1 unspecified atom stereocenters. The van der Waals surface area contributed by atoms with E-state index in [1.807, 2.05) is 36.0 Å². The molecule has 0 aliphatic carbocycles. The van der Waals surface area contributed by atoms with Gasteiger partial charge in [0.2, 0.25) is 0 Å². The monoisotopic (exact) mass is 512 g/mol. The van der Waals surface area contributed by atoms with Crippen LogP contribution in [0.4, 0.5) is 11.4 Å². The Morgan fingerprint density at radius 2 is 1.94 bits per heavy atom. The number of anilines is 2. The maximum atomic E-state index is 12.7. The Labute approximate surface area is 202 Å². The summed E-state index contributed by atoms with van der Waals surface area (Å²) in [5, 5.41) is 2.13. The predicted molar refractivity (Wildman–Crippen MR) is 142 cm³/mol. The number of nitrogens with zero attached hydrogens (tertiary/aromatic N) is 2. The molecule has 1 aliphatic rings. The fraction of sp³-hybridized carbons (Fsp3) is 0.346. The van der Waals surface area contributed by atoms with Gasteiger partial charge in [-0.2, -0.15) is 0 Å². The van der Waals surface area contributed by atoms with Crippen molar-refractivity contribution in [1.29, 1.82) is 0 Å². The molecule has 0 saturated carbocycles. The molecule has 0 fully saturated rings. The van der Waals surface area contributed by atoms with Gasteiger partial charge >= 0.3 is 5.63 Å². The Balaban J connectivity index is 1.59. The number of hydrogen-bond donors (Lipinski definition) is 0. The van der Waals surface area contributed by atoms with Crippen LogP contribution in [0.2, 0.25) is 0 Å². The quantitative estimate of drug-likeness (QED) is 0.179. The van der Waals surface area contributed by atoms with E-state index >= 15 is 0 Å². The molecule has 2 aromatic carbocycles. The van der Waals surface area contributed by atoms with Crippen molar-refractivity contribution in [2.45, 2.75) is 37.0 Å². The van der Waals surface area contributed by atoms with E-state index < -0.39 is 0 Å². The topological polar surface area (TPSA) is 36.7 Å². The van der Waals surface area contributed by atoms with Crippen molar-refractivity contribution in [3.63, 3.8) is 0 Å². The second-order valence-corrected chi connectivity index (χ2v) is 9.76. The number of fused-ring (bicyclic) bond motifs is 2. The summed E-state index contributed by atoms with van der Waals surface area (Å²) in [7, 11) is 0. The Hall–Kier alpha value is -2.18. The minimum absolute atomic E-state index is 0.169. The van der Waals surface area contributed by atoms with Crippen LogP contribution in [0.15, 0.2) is 68.7 Å². The zero-order valence-corrected chi connectivity index (χ0v) is 21.0. The molecule has 2 heterocycles. The first-order valence-corrected chi connectivity index (χ1v) is 13.2. The molecule has 32 heavy (non-hydrogen) atoms. The van der Waals surface area contributed by atoms with E-state index in [1.165, 1.54) is 10.6 Å². The maximum Gasteiger partial charge on any atom is 0.343 e. The lowest BCUT2D eigenvalue weighted by Gasteiger charge is -2.24. The third-order valence-electron chi connectivity index (χ3n) is 5.83. The fourth-order valence-corrected chi connectivity index (χ4v) is 5.72. The highest BCUT2D eigenvalue weighted by atomic mass is 79.9. The molecule has 0 spiro atoms. The highest BCUT2D eigenvalue weighted by Gasteiger charge is 2.27. The summed E-state index contributed by atoms with van der Waals surface area (Å²) >= 11 is 5.36. The number of unbranched alkanes of at least 4 members (excludes halogenated alkanes) is 1. The number of benzene rings is 2. The summed E-state index contributed by atoms with van der Waals surface area (Å²) < 4.78 is 5.70. The van der Waals surface area contributed by atoms with Crippen LogP contribution < -0.4 is 15.4 Å². The summed E-state index contributed by atoms with van der Waals surface area (Å²) in [4.78, 5) is 18.7. The van der Waals surface area contributed by atoms with Crippen LogP contribution in [-0.2, 0) is 0 Å². The predicted octanol–water partition coefficient (Wildman–Crippen LogP) is 6.77. The lowest BCUT2D eigenvalue weighted by atomic mass is 10.1. The number of para-hydroxylation sites is 1. The first-order chi connectivity index (χ1) is 15.6. The summed E-state index contributed by atoms with van der Waals surface area (Å²) in [6.45, 7) is 7.08. The molecule has 4 rings (SSSR count). The molecule has 1 atom stereocenters. The largest absolute Gasteiger partial charge is 0.422 e. The number of alkyl halides is 1. The highest BCUT2D eigenvalue weighted by molar-refractivity contribution is 9.09. The van der Waals surface area contributed by atoms with Crippen LogP contribution in [0.3, 0.4) is 0 Å². The van der Waals surface area contributed by atoms with Gasteiger partial charge in [-0.25, -0.2) is 4.79 Å². The van der Waals surface area contributed by atoms with Crippen LogP contribution in [0.5, 0.6) is 0 Å². The summed E-state index contributed by atoms with van der Waals surface area (Å²) in [5.41, 5.74) is 3.28. The molecule has 1 aliphatic heterocycles. The van der Waals surface area contributed by atoms with Gasteiger partial charge in [0.1, 0.15) is 5.58 Å². The van der Waals surface area contributed by atoms with Gasteiger partial charge in [-0.05, 0) is 63.1 Å². The van der Waals surface area contributed by atoms with Crippen LogP contribution in [-0.4, -0.2) is 30.3 Å². The van der Waals surface area contributed by atoms with Gasteiger partial charge in [0.05, 0.1) is 16.6 Å². The molecule has 0 amide bonds. The second-order valence-electron chi connectivity index (χ2n) is 7.81. The Morgan fingerprint density at radius 1 is 1.12 bits per heavy atom. The Kier molecular flexibility index (Phi) is 7.63. The van der Waals surface area contributed by atoms with Gasteiger partial charge in [0, 0.05) is 47.0 Å².